The Hall–Kier alpha value is -3.68. The quantitative estimate of drug-likeness (QED) is 0.642. The summed E-state index contributed by atoms with van der Waals surface area (Å²) in [4.78, 5) is 26.5. The van der Waals surface area contributed by atoms with Gasteiger partial charge in [0.25, 0.3) is 5.91 Å². The third-order valence-corrected chi connectivity index (χ3v) is 3.65. The van der Waals surface area contributed by atoms with Crippen molar-refractivity contribution in [1.29, 1.82) is 0 Å². The van der Waals surface area contributed by atoms with Gasteiger partial charge in [0.1, 0.15) is 18.0 Å². The minimum atomic E-state index is -1.19. The van der Waals surface area contributed by atoms with Crippen molar-refractivity contribution in [1.82, 2.24) is 15.5 Å². The number of aromatic hydroxyl groups is 1. The second kappa shape index (κ2) is 7.06. The fraction of sp³-hybridized carbons (Fsp3) is 0.111. The monoisotopic (exact) mass is 353 g/mol. The topological polar surface area (TPSA) is 126 Å². The zero-order valence-electron chi connectivity index (χ0n) is 13.8. The molecule has 3 rings (SSSR count). The highest BCUT2D eigenvalue weighted by Crippen LogP contribution is 2.31. The number of hydrogen-bond acceptors (Lipinski definition) is 6. The van der Waals surface area contributed by atoms with E-state index in [1.807, 2.05) is 30.3 Å². The third kappa shape index (κ3) is 3.54. The Kier molecular flexibility index (Phi) is 4.66. The summed E-state index contributed by atoms with van der Waals surface area (Å²) in [5.74, 6) is -1.96. The van der Waals surface area contributed by atoms with Crippen molar-refractivity contribution in [3.63, 3.8) is 0 Å². The van der Waals surface area contributed by atoms with Gasteiger partial charge in [-0.3, -0.25) is 9.59 Å². The van der Waals surface area contributed by atoms with Crippen LogP contribution in [0.5, 0.6) is 5.75 Å². The van der Waals surface area contributed by atoms with E-state index in [1.54, 1.807) is 13.0 Å². The summed E-state index contributed by atoms with van der Waals surface area (Å²) in [5, 5.41) is 24.9. The Balaban J connectivity index is 1.90. The fourth-order valence-electron chi connectivity index (χ4n) is 2.40. The summed E-state index contributed by atoms with van der Waals surface area (Å²) in [7, 11) is 0. The van der Waals surface area contributed by atoms with Gasteiger partial charge in [-0.05, 0) is 13.0 Å². The molecule has 26 heavy (non-hydrogen) atoms. The molecule has 0 fully saturated rings. The number of aliphatic carboxylic acids is 1. The van der Waals surface area contributed by atoms with Gasteiger partial charge < -0.3 is 20.1 Å². The highest BCUT2D eigenvalue weighted by Gasteiger charge is 2.19. The van der Waals surface area contributed by atoms with E-state index in [0.717, 1.165) is 5.56 Å². The molecule has 3 N–H and O–H groups in total. The third-order valence-electron chi connectivity index (χ3n) is 3.65. The number of aryl methyl sites for hydroxylation is 1. The molecule has 8 heteroatoms. The molecule has 2 aromatic heterocycles. The van der Waals surface area contributed by atoms with Gasteiger partial charge in [-0.25, -0.2) is 4.98 Å². The van der Waals surface area contributed by atoms with E-state index in [9.17, 15) is 14.7 Å². The second-order valence-electron chi connectivity index (χ2n) is 5.51. The van der Waals surface area contributed by atoms with E-state index in [2.05, 4.69) is 15.5 Å². The van der Waals surface area contributed by atoms with Crippen LogP contribution in [-0.4, -0.2) is 38.8 Å². The number of hydrogen-bond donors (Lipinski definition) is 3. The van der Waals surface area contributed by atoms with E-state index in [4.69, 9.17) is 9.63 Å². The molecule has 3 aromatic rings. The molecule has 0 spiro atoms. The molecule has 2 heterocycles. The number of carboxylic acid groups (broad SMARTS) is 1. The number of amides is 1. The van der Waals surface area contributed by atoms with Gasteiger partial charge >= 0.3 is 5.97 Å². The maximum Gasteiger partial charge on any atom is 0.322 e. The Morgan fingerprint density at radius 2 is 1.92 bits per heavy atom. The normalized spacial score (nSPS) is 10.5. The number of carbonyl (C=O) groups excluding carboxylic acids is 1. The maximum atomic E-state index is 11.9. The lowest BCUT2D eigenvalue weighted by Gasteiger charge is -2.08. The highest BCUT2D eigenvalue weighted by atomic mass is 16.5. The summed E-state index contributed by atoms with van der Waals surface area (Å²) in [6.07, 6.45) is 0. The van der Waals surface area contributed by atoms with Crippen LogP contribution in [0.4, 0.5) is 0 Å². The van der Waals surface area contributed by atoms with Crippen molar-refractivity contribution in [2.45, 2.75) is 6.92 Å². The van der Waals surface area contributed by atoms with Crippen molar-refractivity contribution >= 4 is 11.9 Å². The first-order valence-corrected chi connectivity index (χ1v) is 7.69. The number of benzene rings is 1. The average Bonchev–Trinajstić information content (AvgIpc) is 3.12. The smallest absolute Gasteiger partial charge is 0.322 e. The van der Waals surface area contributed by atoms with Crippen molar-refractivity contribution < 1.29 is 24.3 Å². The lowest BCUT2D eigenvalue weighted by molar-refractivity contribution is -0.135. The number of pyridine rings is 1. The zero-order valence-corrected chi connectivity index (χ0v) is 13.8. The molecule has 0 bridgehead atoms. The van der Waals surface area contributed by atoms with Crippen LogP contribution in [0.1, 0.15) is 16.2 Å². The molecule has 0 radical (unpaired) electrons. The molecular formula is C18H15N3O5. The van der Waals surface area contributed by atoms with Crippen molar-refractivity contribution in [3.8, 4) is 28.3 Å². The predicted molar refractivity (Wildman–Crippen MR) is 91.5 cm³/mol. The van der Waals surface area contributed by atoms with Crippen LogP contribution in [0, 0.1) is 6.92 Å². The number of carboxylic acids is 1. The minimum absolute atomic E-state index is 0.254. The fourth-order valence-corrected chi connectivity index (χ4v) is 2.40. The number of carbonyl (C=O) groups is 2. The highest BCUT2D eigenvalue weighted by molar-refractivity contribution is 5.97. The predicted octanol–water partition coefficient (Wildman–Crippen LogP) is 2.23. The summed E-state index contributed by atoms with van der Waals surface area (Å²) in [6, 6.07) is 12.5. The van der Waals surface area contributed by atoms with Gasteiger partial charge in [0, 0.05) is 22.9 Å². The molecule has 0 saturated carbocycles. The van der Waals surface area contributed by atoms with Crippen LogP contribution < -0.4 is 5.32 Å². The molecule has 132 valence electrons. The SMILES string of the molecule is Cc1nc(C(=O)NCC(=O)O)c(O)cc1-c1cc(-c2ccccc2)no1. The number of nitrogens with one attached hydrogen (secondary N) is 1. The first kappa shape index (κ1) is 17.2. The Morgan fingerprint density at radius 1 is 1.19 bits per heavy atom. The van der Waals surface area contributed by atoms with Gasteiger partial charge in [-0.2, -0.15) is 0 Å². The first-order valence-electron chi connectivity index (χ1n) is 7.69. The van der Waals surface area contributed by atoms with E-state index < -0.39 is 18.4 Å². The van der Waals surface area contributed by atoms with Crippen LogP contribution in [0.3, 0.4) is 0 Å². The van der Waals surface area contributed by atoms with E-state index in [-0.39, 0.29) is 11.4 Å². The molecule has 1 aromatic carbocycles. The average molecular weight is 353 g/mol. The van der Waals surface area contributed by atoms with E-state index in [1.165, 1.54) is 6.07 Å². The molecule has 0 aliphatic heterocycles. The molecule has 0 aliphatic rings. The zero-order chi connectivity index (χ0) is 18.7. The van der Waals surface area contributed by atoms with Gasteiger partial charge in [0.2, 0.25) is 0 Å². The Bertz CT molecular complexity index is 966. The van der Waals surface area contributed by atoms with Crippen molar-refractivity contribution in [2.24, 2.45) is 0 Å². The number of aromatic nitrogens is 2. The Morgan fingerprint density at radius 3 is 2.62 bits per heavy atom. The van der Waals surface area contributed by atoms with E-state index in [0.29, 0.717) is 22.7 Å². The number of rotatable bonds is 5. The second-order valence-corrected chi connectivity index (χ2v) is 5.51. The van der Waals surface area contributed by atoms with Crippen LogP contribution in [0.2, 0.25) is 0 Å². The van der Waals surface area contributed by atoms with Gasteiger partial charge in [-0.1, -0.05) is 35.5 Å². The summed E-state index contributed by atoms with van der Waals surface area (Å²) in [6.45, 7) is 1.08. The molecule has 8 nitrogen and oxygen atoms in total. The van der Waals surface area contributed by atoms with Gasteiger partial charge in [-0.15, -0.1) is 0 Å². The largest absolute Gasteiger partial charge is 0.505 e. The summed E-state index contributed by atoms with van der Waals surface area (Å²) >= 11 is 0. The summed E-state index contributed by atoms with van der Waals surface area (Å²) < 4.78 is 5.34. The molecular weight excluding hydrogens is 338 g/mol. The van der Waals surface area contributed by atoms with Gasteiger partial charge in [0.15, 0.2) is 11.5 Å². The van der Waals surface area contributed by atoms with Crippen molar-refractivity contribution in [2.75, 3.05) is 6.54 Å². The van der Waals surface area contributed by atoms with Crippen molar-refractivity contribution in [3.05, 3.63) is 53.9 Å². The summed E-state index contributed by atoms with van der Waals surface area (Å²) in [5.41, 5.74) is 2.16. The van der Waals surface area contributed by atoms with Crippen LogP contribution in [-0.2, 0) is 4.79 Å². The van der Waals surface area contributed by atoms with Crippen LogP contribution >= 0.6 is 0 Å². The first-order chi connectivity index (χ1) is 12.5. The minimum Gasteiger partial charge on any atom is -0.505 e. The molecule has 0 aliphatic carbocycles. The molecule has 0 unspecified atom stereocenters. The molecule has 0 atom stereocenters. The lowest BCUT2D eigenvalue weighted by atomic mass is 10.1. The van der Waals surface area contributed by atoms with E-state index >= 15 is 0 Å². The van der Waals surface area contributed by atoms with Crippen LogP contribution in [0.15, 0.2) is 47.0 Å². The maximum absolute atomic E-state index is 11.9. The standard InChI is InChI=1S/C18H15N3O5/c1-10-12(7-14(22)17(20-10)18(25)19-9-16(23)24)15-8-13(21-26-15)11-5-3-2-4-6-11/h2-8,22H,9H2,1H3,(H,19,25)(H,23,24). The van der Waals surface area contributed by atoms with Crippen LogP contribution in [0.25, 0.3) is 22.6 Å². The molecule has 1 amide bonds. The Labute approximate surface area is 148 Å². The number of nitrogens with zero attached hydrogens (tertiary/aromatic N) is 2. The molecule has 0 saturated heterocycles. The van der Waals surface area contributed by atoms with Gasteiger partial charge in [0.05, 0.1) is 0 Å². The lowest BCUT2D eigenvalue weighted by Crippen LogP contribution is -2.30.